The zero-order valence-electron chi connectivity index (χ0n) is 15.6. The normalized spacial score (nSPS) is 15.9. The minimum absolute atomic E-state index is 0.0604. The Morgan fingerprint density at radius 2 is 2.15 bits per heavy atom. The predicted molar refractivity (Wildman–Crippen MR) is 109 cm³/mol. The second kappa shape index (κ2) is 9.26. The van der Waals surface area contributed by atoms with Gasteiger partial charge in [0, 0.05) is 16.6 Å². The standard InChI is InChI=1S/C20H28N4OS/c1-15-22-19(14-26-15)17-4-3-5-18(12-17)23-20(25)13-24-10-7-16(8-11-24)6-9-21-2/h3-5,12,14,16,21H,6-11,13H2,1-2H3,(H,23,25). The molecule has 1 aliphatic heterocycles. The molecule has 0 spiro atoms. The van der Waals surface area contributed by atoms with E-state index in [1.165, 1.54) is 19.3 Å². The van der Waals surface area contributed by atoms with E-state index in [9.17, 15) is 4.79 Å². The summed E-state index contributed by atoms with van der Waals surface area (Å²) in [7, 11) is 2.00. The van der Waals surface area contributed by atoms with Crippen LogP contribution in [0, 0.1) is 12.8 Å². The second-order valence-electron chi connectivity index (χ2n) is 6.99. The summed E-state index contributed by atoms with van der Waals surface area (Å²) in [5.74, 6) is 0.852. The number of carbonyl (C=O) groups is 1. The fourth-order valence-electron chi connectivity index (χ4n) is 3.44. The summed E-state index contributed by atoms with van der Waals surface area (Å²) in [6.07, 6.45) is 3.61. The number of hydrogen-bond acceptors (Lipinski definition) is 5. The van der Waals surface area contributed by atoms with Gasteiger partial charge in [-0.3, -0.25) is 9.69 Å². The van der Waals surface area contributed by atoms with E-state index in [-0.39, 0.29) is 5.91 Å². The van der Waals surface area contributed by atoms with E-state index >= 15 is 0 Å². The van der Waals surface area contributed by atoms with Crippen LogP contribution in [0.5, 0.6) is 0 Å². The Labute approximate surface area is 159 Å². The first kappa shape index (κ1) is 19.0. The number of aryl methyl sites for hydroxylation is 1. The third-order valence-electron chi connectivity index (χ3n) is 4.94. The molecule has 1 aliphatic rings. The topological polar surface area (TPSA) is 57.3 Å². The summed E-state index contributed by atoms with van der Waals surface area (Å²) in [4.78, 5) is 19.2. The Morgan fingerprint density at radius 1 is 1.35 bits per heavy atom. The number of benzene rings is 1. The molecule has 0 atom stereocenters. The first-order chi connectivity index (χ1) is 12.6. The van der Waals surface area contributed by atoms with Crippen LogP contribution in [0.15, 0.2) is 29.6 Å². The number of carbonyl (C=O) groups excluding carboxylic acids is 1. The average Bonchev–Trinajstić information content (AvgIpc) is 3.08. The van der Waals surface area contributed by atoms with Crippen molar-refractivity contribution in [2.24, 2.45) is 5.92 Å². The Morgan fingerprint density at radius 3 is 2.85 bits per heavy atom. The molecule has 1 aromatic carbocycles. The maximum absolute atomic E-state index is 12.4. The van der Waals surface area contributed by atoms with Gasteiger partial charge in [-0.2, -0.15) is 0 Å². The quantitative estimate of drug-likeness (QED) is 0.782. The average molecular weight is 373 g/mol. The van der Waals surface area contributed by atoms with Crippen molar-refractivity contribution in [2.75, 3.05) is 38.5 Å². The van der Waals surface area contributed by atoms with Gasteiger partial charge in [0.1, 0.15) is 0 Å². The molecule has 0 saturated carbocycles. The van der Waals surface area contributed by atoms with Crippen LogP contribution in [-0.2, 0) is 4.79 Å². The Bertz CT molecular complexity index is 722. The van der Waals surface area contributed by atoms with Crippen molar-refractivity contribution in [3.05, 3.63) is 34.7 Å². The van der Waals surface area contributed by atoms with Crippen molar-refractivity contribution in [1.29, 1.82) is 0 Å². The zero-order valence-corrected chi connectivity index (χ0v) is 16.4. The van der Waals surface area contributed by atoms with Crippen LogP contribution in [0.2, 0.25) is 0 Å². The number of piperidine rings is 1. The molecule has 1 aromatic heterocycles. The largest absolute Gasteiger partial charge is 0.325 e. The van der Waals surface area contributed by atoms with Crippen LogP contribution in [-0.4, -0.2) is 49.0 Å². The highest BCUT2D eigenvalue weighted by atomic mass is 32.1. The number of amides is 1. The van der Waals surface area contributed by atoms with Gasteiger partial charge >= 0.3 is 0 Å². The van der Waals surface area contributed by atoms with E-state index in [1.807, 2.05) is 38.2 Å². The highest BCUT2D eigenvalue weighted by molar-refractivity contribution is 7.09. The van der Waals surface area contributed by atoms with Gasteiger partial charge in [0.05, 0.1) is 17.2 Å². The van der Waals surface area contributed by atoms with Gasteiger partial charge in [0.25, 0.3) is 0 Å². The summed E-state index contributed by atoms with van der Waals surface area (Å²) >= 11 is 1.64. The van der Waals surface area contributed by atoms with Crippen molar-refractivity contribution >= 4 is 22.9 Å². The molecule has 26 heavy (non-hydrogen) atoms. The summed E-state index contributed by atoms with van der Waals surface area (Å²) < 4.78 is 0. The van der Waals surface area contributed by atoms with Gasteiger partial charge < -0.3 is 10.6 Å². The maximum Gasteiger partial charge on any atom is 0.238 e. The van der Waals surface area contributed by atoms with Crippen LogP contribution in [0.3, 0.4) is 0 Å². The first-order valence-electron chi connectivity index (χ1n) is 9.33. The smallest absolute Gasteiger partial charge is 0.238 e. The second-order valence-corrected chi connectivity index (χ2v) is 8.05. The van der Waals surface area contributed by atoms with Crippen molar-refractivity contribution in [3.8, 4) is 11.3 Å². The molecular formula is C20H28N4OS. The summed E-state index contributed by atoms with van der Waals surface area (Å²) in [5, 5.41) is 9.36. The number of aromatic nitrogens is 1. The van der Waals surface area contributed by atoms with Crippen LogP contribution >= 0.6 is 11.3 Å². The molecule has 1 saturated heterocycles. The molecule has 0 aliphatic carbocycles. The Hall–Kier alpha value is -1.76. The highest BCUT2D eigenvalue weighted by Crippen LogP contribution is 2.24. The third-order valence-corrected chi connectivity index (χ3v) is 5.71. The molecule has 1 fully saturated rings. The fraction of sp³-hybridized carbons (Fsp3) is 0.500. The Balaban J connectivity index is 1.50. The van der Waals surface area contributed by atoms with Crippen molar-refractivity contribution in [3.63, 3.8) is 0 Å². The van der Waals surface area contributed by atoms with Crippen molar-refractivity contribution in [1.82, 2.24) is 15.2 Å². The molecule has 0 unspecified atom stereocenters. The SMILES string of the molecule is CNCCC1CCN(CC(=O)Nc2cccc(-c3csc(C)n3)c2)CC1. The lowest BCUT2D eigenvalue weighted by atomic mass is 9.93. The van der Waals surface area contributed by atoms with Crippen LogP contribution in [0.4, 0.5) is 5.69 Å². The molecule has 1 amide bonds. The minimum atomic E-state index is 0.0604. The van der Waals surface area contributed by atoms with E-state index in [0.717, 1.165) is 47.5 Å². The number of likely N-dealkylation sites (tertiary alicyclic amines) is 1. The molecule has 5 nitrogen and oxygen atoms in total. The lowest BCUT2D eigenvalue weighted by Crippen LogP contribution is -2.39. The number of nitrogens with zero attached hydrogens (tertiary/aromatic N) is 2. The molecular weight excluding hydrogens is 344 g/mol. The summed E-state index contributed by atoms with van der Waals surface area (Å²) in [6.45, 7) is 5.58. The number of nitrogens with one attached hydrogen (secondary N) is 2. The number of anilines is 1. The maximum atomic E-state index is 12.4. The van der Waals surface area contributed by atoms with E-state index in [4.69, 9.17) is 0 Å². The molecule has 6 heteroatoms. The van der Waals surface area contributed by atoms with E-state index < -0.39 is 0 Å². The monoisotopic (exact) mass is 372 g/mol. The van der Waals surface area contributed by atoms with Crippen LogP contribution in [0.25, 0.3) is 11.3 Å². The molecule has 2 heterocycles. The van der Waals surface area contributed by atoms with E-state index in [0.29, 0.717) is 6.54 Å². The zero-order chi connectivity index (χ0) is 18.4. The van der Waals surface area contributed by atoms with Gasteiger partial charge in [0.15, 0.2) is 0 Å². The highest BCUT2D eigenvalue weighted by Gasteiger charge is 2.20. The lowest BCUT2D eigenvalue weighted by Gasteiger charge is -2.31. The van der Waals surface area contributed by atoms with Gasteiger partial charge in [-0.25, -0.2) is 4.98 Å². The fourth-order valence-corrected chi connectivity index (χ4v) is 4.06. The summed E-state index contributed by atoms with van der Waals surface area (Å²) in [5.41, 5.74) is 2.84. The van der Waals surface area contributed by atoms with Gasteiger partial charge in [-0.15, -0.1) is 11.3 Å². The number of thiazole rings is 1. The van der Waals surface area contributed by atoms with Crippen molar-refractivity contribution in [2.45, 2.75) is 26.2 Å². The van der Waals surface area contributed by atoms with Crippen LogP contribution < -0.4 is 10.6 Å². The molecule has 0 bridgehead atoms. The number of hydrogen-bond donors (Lipinski definition) is 2. The summed E-state index contributed by atoms with van der Waals surface area (Å²) in [6, 6.07) is 7.92. The van der Waals surface area contributed by atoms with E-state index in [1.54, 1.807) is 11.3 Å². The molecule has 140 valence electrons. The van der Waals surface area contributed by atoms with Gasteiger partial charge in [-0.1, -0.05) is 12.1 Å². The molecule has 0 radical (unpaired) electrons. The minimum Gasteiger partial charge on any atom is -0.325 e. The van der Waals surface area contributed by atoms with Crippen LogP contribution in [0.1, 0.15) is 24.3 Å². The molecule has 2 N–H and O–H groups in total. The molecule has 2 aromatic rings. The van der Waals surface area contributed by atoms with Crippen molar-refractivity contribution < 1.29 is 4.79 Å². The first-order valence-corrected chi connectivity index (χ1v) is 10.2. The Kier molecular flexibility index (Phi) is 6.77. The van der Waals surface area contributed by atoms with E-state index in [2.05, 4.69) is 25.9 Å². The third kappa shape index (κ3) is 5.37. The van der Waals surface area contributed by atoms with Gasteiger partial charge in [-0.05, 0) is 70.9 Å². The number of rotatable bonds is 7. The van der Waals surface area contributed by atoms with Gasteiger partial charge in [0.2, 0.25) is 5.91 Å². The molecule has 3 rings (SSSR count). The lowest BCUT2D eigenvalue weighted by molar-refractivity contribution is -0.117. The predicted octanol–water partition coefficient (Wildman–Crippen LogP) is 3.38.